The van der Waals surface area contributed by atoms with Crippen LogP contribution in [0.5, 0.6) is 5.75 Å². The second kappa shape index (κ2) is 7.17. The van der Waals surface area contributed by atoms with Crippen LogP contribution in [0.15, 0.2) is 24.3 Å². The first-order valence-corrected chi connectivity index (χ1v) is 6.43. The normalized spacial score (nSPS) is 12.8. The van der Waals surface area contributed by atoms with Gasteiger partial charge >= 0.3 is 6.18 Å². The molecule has 1 aromatic rings. The Morgan fingerprint density at radius 1 is 1.35 bits per heavy atom. The molecule has 0 bridgehead atoms. The lowest BCUT2D eigenvalue weighted by atomic mass is 10.1. The number of amides is 1. The average Bonchev–Trinajstić information content (AvgIpc) is 2.37. The van der Waals surface area contributed by atoms with Gasteiger partial charge in [-0.2, -0.15) is 13.2 Å². The predicted octanol–water partition coefficient (Wildman–Crippen LogP) is 4.00. The third kappa shape index (κ3) is 5.50. The lowest BCUT2D eigenvalue weighted by molar-refractivity contribution is -0.153. The van der Waals surface area contributed by atoms with Gasteiger partial charge in [0.2, 0.25) is 5.91 Å². The number of rotatable bonds is 6. The fourth-order valence-corrected chi connectivity index (χ4v) is 1.68. The predicted molar refractivity (Wildman–Crippen MR) is 70.7 cm³/mol. The summed E-state index contributed by atoms with van der Waals surface area (Å²) in [5.74, 6) is -0.410. The first-order valence-electron chi connectivity index (χ1n) is 6.43. The van der Waals surface area contributed by atoms with E-state index in [0.717, 1.165) is 12.8 Å². The van der Waals surface area contributed by atoms with E-state index in [1.165, 1.54) is 12.1 Å². The van der Waals surface area contributed by atoms with E-state index in [2.05, 4.69) is 5.32 Å². The van der Waals surface area contributed by atoms with Crippen molar-refractivity contribution >= 4 is 11.6 Å². The van der Waals surface area contributed by atoms with Crippen molar-refractivity contribution in [3.05, 3.63) is 24.3 Å². The molecule has 0 saturated carbocycles. The molecule has 112 valence electrons. The zero-order valence-electron chi connectivity index (χ0n) is 11.5. The molecule has 1 unspecified atom stereocenters. The van der Waals surface area contributed by atoms with Crippen molar-refractivity contribution < 1.29 is 22.7 Å². The number of anilines is 1. The van der Waals surface area contributed by atoms with Crippen molar-refractivity contribution in [2.24, 2.45) is 5.92 Å². The van der Waals surface area contributed by atoms with E-state index in [9.17, 15) is 18.0 Å². The van der Waals surface area contributed by atoms with Crippen LogP contribution >= 0.6 is 0 Å². The third-order valence-corrected chi connectivity index (χ3v) is 2.71. The molecule has 0 aromatic heterocycles. The number of alkyl halides is 3. The molecule has 0 heterocycles. The summed E-state index contributed by atoms with van der Waals surface area (Å²) in [6, 6.07) is 6.09. The number of carbonyl (C=O) groups is 1. The second-order valence-electron chi connectivity index (χ2n) is 4.58. The van der Waals surface area contributed by atoms with Crippen molar-refractivity contribution in [2.45, 2.75) is 32.9 Å². The molecule has 1 atom stereocenters. The molecule has 0 aliphatic rings. The van der Waals surface area contributed by atoms with Crippen LogP contribution in [-0.4, -0.2) is 18.7 Å². The number of carbonyl (C=O) groups excluding carboxylic acids is 1. The van der Waals surface area contributed by atoms with Gasteiger partial charge in [-0.15, -0.1) is 0 Å². The summed E-state index contributed by atoms with van der Waals surface area (Å²) in [7, 11) is 0. The van der Waals surface area contributed by atoms with Gasteiger partial charge < -0.3 is 10.1 Å². The molecule has 0 spiro atoms. The molecular formula is C14H18F3NO2. The number of para-hydroxylation sites is 2. The van der Waals surface area contributed by atoms with Crippen molar-refractivity contribution in [3.63, 3.8) is 0 Å². The van der Waals surface area contributed by atoms with Gasteiger partial charge in [0.05, 0.1) is 5.69 Å². The molecule has 20 heavy (non-hydrogen) atoms. The number of benzene rings is 1. The number of hydrogen-bond donors (Lipinski definition) is 1. The molecule has 6 heteroatoms. The van der Waals surface area contributed by atoms with Gasteiger partial charge in [0.15, 0.2) is 6.61 Å². The number of halogens is 3. The lowest BCUT2D eigenvalue weighted by Gasteiger charge is -2.15. The van der Waals surface area contributed by atoms with E-state index in [4.69, 9.17) is 4.74 Å². The number of hydrogen-bond acceptors (Lipinski definition) is 2. The van der Waals surface area contributed by atoms with Gasteiger partial charge in [0.1, 0.15) is 5.75 Å². The zero-order valence-corrected chi connectivity index (χ0v) is 11.5. The SMILES string of the molecule is CCCC(C)C(=O)Nc1ccccc1OCC(F)(F)F. The highest BCUT2D eigenvalue weighted by molar-refractivity contribution is 5.93. The summed E-state index contributed by atoms with van der Waals surface area (Å²) in [6.07, 6.45) is -2.83. The largest absolute Gasteiger partial charge is 0.482 e. The maximum absolute atomic E-state index is 12.2. The molecule has 1 rings (SSSR count). The van der Waals surface area contributed by atoms with E-state index >= 15 is 0 Å². The van der Waals surface area contributed by atoms with Crippen molar-refractivity contribution in [3.8, 4) is 5.75 Å². The van der Waals surface area contributed by atoms with Crippen molar-refractivity contribution in [1.29, 1.82) is 0 Å². The standard InChI is InChI=1S/C14H18F3NO2/c1-3-6-10(2)13(19)18-11-7-4-5-8-12(11)20-9-14(15,16)17/h4-5,7-8,10H,3,6,9H2,1-2H3,(H,18,19). The van der Waals surface area contributed by atoms with Gasteiger partial charge in [-0.25, -0.2) is 0 Å². The minimum Gasteiger partial charge on any atom is -0.482 e. The van der Waals surface area contributed by atoms with E-state index < -0.39 is 12.8 Å². The topological polar surface area (TPSA) is 38.3 Å². The summed E-state index contributed by atoms with van der Waals surface area (Å²) < 4.78 is 41.2. The van der Waals surface area contributed by atoms with E-state index in [-0.39, 0.29) is 23.3 Å². The van der Waals surface area contributed by atoms with Crippen LogP contribution in [0.4, 0.5) is 18.9 Å². The number of ether oxygens (including phenoxy) is 1. The highest BCUT2D eigenvalue weighted by Crippen LogP contribution is 2.27. The summed E-state index contributed by atoms with van der Waals surface area (Å²) in [6.45, 7) is 2.35. The van der Waals surface area contributed by atoms with Crippen molar-refractivity contribution in [1.82, 2.24) is 0 Å². The Balaban J connectivity index is 2.72. The van der Waals surface area contributed by atoms with Crippen LogP contribution in [0.1, 0.15) is 26.7 Å². The maximum Gasteiger partial charge on any atom is 0.422 e. The summed E-state index contributed by atoms with van der Waals surface area (Å²) >= 11 is 0. The molecule has 0 aliphatic carbocycles. The van der Waals surface area contributed by atoms with E-state index in [1.54, 1.807) is 19.1 Å². The van der Waals surface area contributed by atoms with Crippen LogP contribution in [-0.2, 0) is 4.79 Å². The fourth-order valence-electron chi connectivity index (χ4n) is 1.68. The summed E-state index contributed by atoms with van der Waals surface area (Å²) in [5, 5.41) is 2.60. The van der Waals surface area contributed by atoms with Crippen LogP contribution in [0, 0.1) is 5.92 Å². The van der Waals surface area contributed by atoms with Gasteiger partial charge in [-0.3, -0.25) is 4.79 Å². The Labute approximate surface area is 116 Å². The molecule has 3 nitrogen and oxygen atoms in total. The molecule has 0 saturated heterocycles. The van der Waals surface area contributed by atoms with E-state index in [1.807, 2.05) is 6.92 Å². The molecular weight excluding hydrogens is 271 g/mol. The fraction of sp³-hybridized carbons (Fsp3) is 0.500. The van der Waals surface area contributed by atoms with Crippen LogP contribution < -0.4 is 10.1 Å². The molecule has 1 amide bonds. The molecule has 1 aromatic carbocycles. The Morgan fingerprint density at radius 3 is 2.60 bits per heavy atom. The molecule has 0 aliphatic heterocycles. The molecule has 0 fully saturated rings. The Bertz CT molecular complexity index is 446. The Hall–Kier alpha value is -1.72. The Kier molecular flexibility index (Phi) is 5.85. The molecule has 1 N–H and O–H groups in total. The lowest BCUT2D eigenvalue weighted by Crippen LogP contribution is -2.22. The minimum absolute atomic E-state index is 0.0156. The van der Waals surface area contributed by atoms with Crippen LogP contribution in [0.3, 0.4) is 0 Å². The van der Waals surface area contributed by atoms with Crippen molar-refractivity contribution in [2.75, 3.05) is 11.9 Å². The highest BCUT2D eigenvalue weighted by Gasteiger charge is 2.29. The monoisotopic (exact) mass is 289 g/mol. The second-order valence-corrected chi connectivity index (χ2v) is 4.58. The van der Waals surface area contributed by atoms with Gasteiger partial charge in [-0.1, -0.05) is 32.4 Å². The van der Waals surface area contributed by atoms with Crippen LogP contribution in [0.25, 0.3) is 0 Å². The van der Waals surface area contributed by atoms with Gasteiger partial charge in [0.25, 0.3) is 0 Å². The average molecular weight is 289 g/mol. The smallest absolute Gasteiger partial charge is 0.422 e. The summed E-state index contributed by atoms with van der Waals surface area (Å²) in [4.78, 5) is 11.9. The first-order chi connectivity index (χ1) is 9.33. The minimum atomic E-state index is -4.41. The number of nitrogens with one attached hydrogen (secondary N) is 1. The maximum atomic E-state index is 12.2. The molecule has 0 radical (unpaired) electrons. The summed E-state index contributed by atoms with van der Waals surface area (Å²) in [5.41, 5.74) is 0.254. The first kappa shape index (κ1) is 16.3. The third-order valence-electron chi connectivity index (χ3n) is 2.71. The van der Waals surface area contributed by atoms with Gasteiger partial charge in [0, 0.05) is 5.92 Å². The van der Waals surface area contributed by atoms with E-state index in [0.29, 0.717) is 0 Å². The quantitative estimate of drug-likeness (QED) is 0.859. The zero-order chi connectivity index (χ0) is 15.2. The van der Waals surface area contributed by atoms with Crippen LogP contribution in [0.2, 0.25) is 0 Å². The highest BCUT2D eigenvalue weighted by atomic mass is 19.4. The Morgan fingerprint density at radius 2 is 2.00 bits per heavy atom. The van der Waals surface area contributed by atoms with Gasteiger partial charge in [-0.05, 0) is 18.6 Å².